The summed E-state index contributed by atoms with van der Waals surface area (Å²) < 4.78 is 11.2. The molecule has 2 aromatic carbocycles. The van der Waals surface area contributed by atoms with Gasteiger partial charge in [0.2, 0.25) is 5.91 Å². The van der Waals surface area contributed by atoms with Crippen molar-refractivity contribution in [2.75, 3.05) is 17.7 Å². The van der Waals surface area contributed by atoms with Gasteiger partial charge in [-0.1, -0.05) is 0 Å². The minimum atomic E-state index is -0.545. The molecule has 0 saturated heterocycles. The van der Waals surface area contributed by atoms with Gasteiger partial charge < -0.3 is 20.1 Å². The van der Waals surface area contributed by atoms with Gasteiger partial charge in [0, 0.05) is 35.8 Å². The van der Waals surface area contributed by atoms with E-state index in [9.17, 15) is 14.9 Å². The van der Waals surface area contributed by atoms with Gasteiger partial charge in [0.15, 0.2) is 0 Å². The predicted octanol–water partition coefficient (Wildman–Crippen LogP) is 3.52. The van der Waals surface area contributed by atoms with Crippen LogP contribution in [-0.4, -0.2) is 25.0 Å². The van der Waals surface area contributed by atoms with Crippen LogP contribution in [0, 0.1) is 11.3 Å². The Hall–Kier alpha value is -3.79. The SMILES string of the molecule is COc1cc2c(cc1/C=C(\C#N)C(=O)Nc1ccc(NC(C)=O)cc1)OC(C)C2. The third kappa shape index (κ3) is 4.74. The van der Waals surface area contributed by atoms with Crippen LogP contribution in [-0.2, 0) is 16.0 Å². The Kier molecular flexibility index (Phi) is 5.84. The van der Waals surface area contributed by atoms with Gasteiger partial charge in [-0.05, 0) is 49.4 Å². The van der Waals surface area contributed by atoms with Crippen LogP contribution in [0.2, 0.25) is 0 Å². The Bertz CT molecular complexity index is 1020. The minimum Gasteiger partial charge on any atom is -0.496 e. The first-order valence-corrected chi connectivity index (χ1v) is 9.08. The van der Waals surface area contributed by atoms with E-state index in [0.717, 1.165) is 17.7 Å². The molecule has 1 aliphatic rings. The summed E-state index contributed by atoms with van der Waals surface area (Å²) >= 11 is 0. The number of fused-ring (bicyclic) bond motifs is 1. The molecular weight excluding hydrogens is 370 g/mol. The van der Waals surface area contributed by atoms with Crippen LogP contribution in [0.3, 0.4) is 0 Å². The summed E-state index contributed by atoms with van der Waals surface area (Å²) in [5.41, 5.74) is 2.67. The molecule has 1 unspecified atom stereocenters. The molecule has 0 aliphatic carbocycles. The molecule has 1 heterocycles. The number of amides is 2. The molecule has 0 radical (unpaired) electrons. The van der Waals surface area contributed by atoms with Crippen molar-refractivity contribution in [3.8, 4) is 17.6 Å². The molecule has 2 N–H and O–H groups in total. The number of nitrogens with one attached hydrogen (secondary N) is 2. The molecule has 2 aromatic rings. The minimum absolute atomic E-state index is 0.0692. The van der Waals surface area contributed by atoms with Crippen LogP contribution in [0.25, 0.3) is 6.08 Å². The zero-order chi connectivity index (χ0) is 21.0. The monoisotopic (exact) mass is 391 g/mol. The van der Waals surface area contributed by atoms with E-state index >= 15 is 0 Å². The van der Waals surface area contributed by atoms with Crippen LogP contribution in [0.4, 0.5) is 11.4 Å². The van der Waals surface area contributed by atoms with E-state index in [1.54, 1.807) is 37.4 Å². The normalized spacial score (nSPS) is 15.0. The second kappa shape index (κ2) is 8.48. The molecule has 7 heteroatoms. The molecule has 1 atom stereocenters. The maximum atomic E-state index is 12.6. The highest BCUT2D eigenvalue weighted by molar-refractivity contribution is 6.10. The van der Waals surface area contributed by atoms with E-state index in [4.69, 9.17) is 9.47 Å². The number of methoxy groups -OCH3 is 1. The van der Waals surface area contributed by atoms with E-state index in [-0.39, 0.29) is 17.6 Å². The number of anilines is 2. The first-order chi connectivity index (χ1) is 13.9. The van der Waals surface area contributed by atoms with Crippen molar-refractivity contribution >= 4 is 29.3 Å². The number of carbonyl (C=O) groups is 2. The fourth-order valence-corrected chi connectivity index (χ4v) is 3.09. The lowest BCUT2D eigenvalue weighted by atomic mass is 10.0. The van der Waals surface area contributed by atoms with E-state index in [1.807, 2.05) is 19.1 Å². The summed E-state index contributed by atoms with van der Waals surface area (Å²) in [4.78, 5) is 23.6. The zero-order valence-electron chi connectivity index (χ0n) is 16.4. The molecule has 29 heavy (non-hydrogen) atoms. The van der Waals surface area contributed by atoms with Gasteiger partial charge in [-0.25, -0.2) is 0 Å². The second-order valence-corrected chi connectivity index (χ2v) is 6.72. The molecule has 2 amide bonds. The van der Waals surface area contributed by atoms with Gasteiger partial charge >= 0.3 is 0 Å². The number of hydrogen-bond acceptors (Lipinski definition) is 5. The maximum Gasteiger partial charge on any atom is 0.266 e. The average molecular weight is 391 g/mol. The van der Waals surface area contributed by atoms with E-state index < -0.39 is 5.91 Å². The van der Waals surface area contributed by atoms with Crippen LogP contribution in [0.1, 0.15) is 25.0 Å². The van der Waals surface area contributed by atoms with Crippen molar-refractivity contribution in [1.29, 1.82) is 5.26 Å². The number of hydrogen-bond donors (Lipinski definition) is 2. The van der Waals surface area contributed by atoms with Crippen molar-refractivity contribution in [3.05, 3.63) is 53.1 Å². The molecule has 0 aromatic heterocycles. The summed E-state index contributed by atoms with van der Waals surface area (Å²) in [5, 5.41) is 14.8. The lowest BCUT2D eigenvalue weighted by molar-refractivity contribution is -0.114. The fourth-order valence-electron chi connectivity index (χ4n) is 3.09. The summed E-state index contributed by atoms with van der Waals surface area (Å²) in [6.07, 6.45) is 2.34. The topological polar surface area (TPSA) is 100 Å². The predicted molar refractivity (Wildman–Crippen MR) is 110 cm³/mol. The highest BCUT2D eigenvalue weighted by atomic mass is 16.5. The van der Waals surface area contributed by atoms with Crippen molar-refractivity contribution in [2.45, 2.75) is 26.4 Å². The quantitative estimate of drug-likeness (QED) is 0.600. The molecule has 148 valence electrons. The van der Waals surface area contributed by atoms with Crippen molar-refractivity contribution in [1.82, 2.24) is 0 Å². The summed E-state index contributed by atoms with van der Waals surface area (Å²) in [6.45, 7) is 3.39. The van der Waals surface area contributed by atoms with Gasteiger partial charge in [0.05, 0.1) is 7.11 Å². The Morgan fingerprint density at radius 1 is 1.21 bits per heavy atom. The average Bonchev–Trinajstić information content (AvgIpc) is 3.05. The highest BCUT2D eigenvalue weighted by Crippen LogP contribution is 2.36. The Labute approximate surface area is 168 Å². The van der Waals surface area contributed by atoms with Crippen LogP contribution < -0.4 is 20.1 Å². The Morgan fingerprint density at radius 2 is 1.86 bits per heavy atom. The first-order valence-electron chi connectivity index (χ1n) is 9.08. The van der Waals surface area contributed by atoms with E-state index in [0.29, 0.717) is 22.7 Å². The maximum absolute atomic E-state index is 12.6. The molecule has 0 bridgehead atoms. The molecule has 0 saturated carbocycles. The van der Waals surface area contributed by atoms with Crippen molar-refractivity contribution in [2.24, 2.45) is 0 Å². The molecule has 1 aliphatic heterocycles. The van der Waals surface area contributed by atoms with E-state index in [2.05, 4.69) is 10.6 Å². The third-order valence-corrected chi connectivity index (χ3v) is 4.38. The van der Waals surface area contributed by atoms with Gasteiger partial charge in [-0.15, -0.1) is 0 Å². The number of nitriles is 1. The van der Waals surface area contributed by atoms with Gasteiger partial charge in [0.25, 0.3) is 5.91 Å². The van der Waals surface area contributed by atoms with Crippen LogP contribution in [0.5, 0.6) is 11.5 Å². The first kappa shape index (κ1) is 20.0. The van der Waals surface area contributed by atoms with Gasteiger partial charge in [-0.2, -0.15) is 5.26 Å². The summed E-state index contributed by atoms with van der Waals surface area (Å²) in [6, 6.07) is 12.2. The molecule has 0 fully saturated rings. The lowest BCUT2D eigenvalue weighted by Crippen LogP contribution is -2.13. The smallest absolute Gasteiger partial charge is 0.266 e. The summed E-state index contributed by atoms with van der Waals surface area (Å²) in [7, 11) is 1.54. The van der Waals surface area contributed by atoms with Crippen LogP contribution >= 0.6 is 0 Å². The number of ether oxygens (including phenoxy) is 2. The largest absolute Gasteiger partial charge is 0.496 e. The molecule has 3 rings (SSSR count). The Morgan fingerprint density at radius 3 is 2.45 bits per heavy atom. The highest BCUT2D eigenvalue weighted by Gasteiger charge is 2.22. The van der Waals surface area contributed by atoms with E-state index in [1.165, 1.54) is 13.0 Å². The van der Waals surface area contributed by atoms with Gasteiger partial charge in [0.1, 0.15) is 29.2 Å². The van der Waals surface area contributed by atoms with Crippen LogP contribution in [0.15, 0.2) is 42.0 Å². The Balaban J connectivity index is 1.81. The number of nitrogens with zero attached hydrogens (tertiary/aromatic N) is 1. The van der Waals surface area contributed by atoms with Gasteiger partial charge in [-0.3, -0.25) is 9.59 Å². The molecular formula is C22H21N3O4. The van der Waals surface area contributed by atoms with Crippen molar-refractivity contribution < 1.29 is 19.1 Å². The lowest BCUT2D eigenvalue weighted by Gasteiger charge is -2.09. The van der Waals surface area contributed by atoms with Crippen molar-refractivity contribution in [3.63, 3.8) is 0 Å². The zero-order valence-corrected chi connectivity index (χ0v) is 16.4. The number of benzene rings is 2. The number of rotatable bonds is 5. The third-order valence-electron chi connectivity index (χ3n) is 4.38. The molecule has 7 nitrogen and oxygen atoms in total. The summed E-state index contributed by atoms with van der Waals surface area (Å²) in [5.74, 6) is 0.576. The fraction of sp³-hybridized carbons (Fsp3) is 0.227. The molecule has 0 spiro atoms. The number of carbonyl (C=O) groups excluding carboxylic acids is 2. The standard InChI is InChI=1S/C22H21N3O4/c1-13-8-15-10-20(28-3)16(11-21(15)29-13)9-17(12-23)22(27)25-19-6-4-18(5-7-19)24-14(2)26/h4-7,9-11,13H,8H2,1-3H3,(H,24,26)(H,25,27)/b17-9+. The second-order valence-electron chi connectivity index (χ2n) is 6.72.